The lowest BCUT2D eigenvalue weighted by molar-refractivity contribution is -0.144. The normalized spacial score (nSPS) is 11.3. The molecule has 8 nitrogen and oxygen atoms in total. The highest BCUT2D eigenvalue weighted by molar-refractivity contribution is 5.71. The lowest BCUT2D eigenvalue weighted by Crippen LogP contribution is -2.41. The number of alkyl halides is 3. The number of benzene rings is 2. The second-order valence-corrected chi connectivity index (χ2v) is 6.69. The summed E-state index contributed by atoms with van der Waals surface area (Å²) in [4.78, 5) is 36.0. The van der Waals surface area contributed by atoms with Crippen LogP contribution in [-0.2, 0) is 22.8 Å². The Labute approximate surface area is 187 Å². The number of nitrogens with zero attached hydrogens (tertiary/aromatic N) is 2. The molecule has 0 amide bonds. The number of methoxy groups -OCH3 is 1. The van der Waals surface area contributed by atoms with E-state index < -0.39 is 58.8 Å². The second kappa shape index (κ2) is 9.37. The van der Waals surface area contributed by atoms with Crippen LogP contribution in [0.2, 0.25) is 0 Å². The molecule has 1 heterocycles. The molecule has 0 atom stereocenters. The van der Waals surface area contributed by atoms with Crippen molar-refractivity contribution in [1.29, 1.82) is 0 Å². The number of ether oxygens (including phenoxy) is 3. The monoisotopic (exact) mass is 486 g/mol. The quantitative estimate of drug-likeness (QED) is 0.393. The first-order chi connectivity index (χ1) is 15.9. The fraction of sp³-hybridized carbons (Fsp3) is 0.190. The third-order valence-electron chi connectivity index (χ3n) is 4.50. The van der Waals surface area contributed by atoms with Gasteiger partial charge >= 0.3 is 17.8 Å². The van der Waals surface area contributed by atoms with Crippen LogP contribution in [-0.4, -0.2) is 28.8 Å². The molecular weight excluding hydrogens is 471 g/mol. The number of hydrogen-bond acceptors (Lipinski definition) is 6. The molecule has 0 aliphatic carbocycles. The zero-order valence-corrected chi connectivity index (χ0v) is 17.5. The average Bonchev–Trinajstić information content (AvgIpc) is 2.77. The molecule has 180 valence electrons. The van der Waals surface area contributed by atoms with Crippen LogP contribution in [0.3, 0.4) is 0 Å². The van der Waals surface area contributed by atoms with Crippen molar-refractivity contribution >= 4 is 5.97 Å². The van der Waals surface area contributed by atoms with E-state index in [1.165, 1.54) is 24.3 Å². The molecule has 1 aromatic heterocycles. The van der Waals surface area contributed by atoms with Crippen LogP contribution < -0.4 is 20.7 Å². The number of carbonyl (C=O) groups is 1. The fourth-order valence-electron chi connectivity index (χ4n) is 2.86. The van der Waals surface area contributed by atoms with Crippen molar-refractivity contribution < 1.29 is 41.0 Å². The van der Waals surface area contributed by atoms with E-state index in [9.17, 15) is 36.3 Å². The van der Waals surface area contributed by atoms with Crippen LogP contribution >= 0.6 is 0 Å². The van der Waals surface area contributed by atoms with Gasteiger partial charge in [-0.25, -0.2) is 22.9 Å². The molecular formula is C21H15F5N2O6. The van der Waals surface area contributed by atoms with E-state index >= 15 is 0 Å². The Morgan fingerprint density at radius 2 is 1.62 bits per heavy atom. The number of hydrogen-bond donors (Lipinski definition) is 0. The highest BCUT2D eigenvalue weighted by Crippen LogP contribution is 2.34. The number of halogens is 5. The number of carbonyl (C=O) groups excluding carboxylic acids is 1. The number of rotatable bonds is 6. The zero-order valence-electron chi connectivity index (χ0n) is 17.5. The van der Waals surface area contributed by atoms with Crippen molar-refractivity contribution in [3.05, 3.63) is 80.6 Å². The summed E-state index contributed by atoms with van der Waals surface area (Å²) >= 11 is 0. The molecule has 0 unspecified atom stereocenters. The smallest absolute Gasteiger partial charge is 0.431 e. The predicted octanol–water partition coefficient (Wildman–Crippen LogP) is 3.18. The van der Waals surface area contributed by atoms with Crippen molar-refractivity contribution in [3.63, 3.8) is 0 Å². The molecule has 3 aromatic rings. The minimum atomic E-state index is -5.02. The van der Waals surface area contributed by atoms with E-state index in [1.807, 2.05) is 0 Å². The summed E-state index contributed by atoms with van der Waals surface area (Å²) < 4.78 is 83.4. The van der Waals surface area contributed by atoms with E-state index in [2.05, 4.69) is 4.74 Å². The Hall–Kier alpha value is -4.16. The minimum absolute atomic E-state index is 0.0271. The first kappa shape index (κ1) is 24.5. The maximum atomic E-state index is 14.5. The second-order valence-electron chi connectivity index (χ2n) is 6.69. The third kappa shape index (κ3) is 4.92. The molecule has 13 heteroatoms. The van der Waals surface area contributed by atoms with Crippen molar-refractivity contribution in [3.8, 4) is 22.9 Å². The summed E-state index contributed by atoms with van der Waals surface area (Å²) in [6.45, 7) is -0.509. The molecule has 0 bridgehead atoms. The zero-order chi connectivity index (χ0) is 25.2. The van der Waals surface area contributed by atoms with Gasteiger partial charge in [0.15, 0.2) is 35.5 Å². The van der Waals surface area contributed by atoms with Crippen LogP contribution in [0.25, 0.3) is 5.69 Å². The minimum Gasteiger partial charge on any atom is -0.478 e. The Balaban J connectivity index is 2.08. The van der Waals surface area contributed by atoms with Gasteiger partial charge in [-0.05, 0) is 12.1 Å². The van der Waals surface area contributed by atoms with E-state index in [-0.39, 0.29) is 26.7 Å². The summed E-state index contributed by atoms with van der Waals surface area (Å²) in [6, 6.07) is 6.72. The highest BCUT2D eigenvalue weighted by Gasteiger charge is 2.35. The van der Waals surface area contributed by atoms with E-state index in [4.69, 9.17) is 9.47 Å². The summed E-state index contributed by atoms with van der Waals surface area (Å²) in [5.41, 5.74) is -5.40. The molecule has 3 rings (SSSR count). The first-order valence-electron chi connectivity index (χ1n) is 9.30. The molecule has 0 aliphatic heterocycles. The molecule has 0 radical (unpaired) electrons. The van der Waals surface area contributed by atoms with Gasteiger partial charge in [0, 0.05) is 25.2 Å². The van der Waals surface area contributed by atoms with Crippen molar-refractivity contribution in [2.24, 2.45) is 7.05 Å². The third-order valence-corrected chi connectivity index (χ3v) is 4.50. The van der Waals surface area contributed by atoms with Crippen molar-refractivity contribution in [2.75, 3.05) is 13.7 Å². The van der Waals surface area contributed by atoms with Gasteiger partial charge in [0.1, 0.15) is 5.69 Å². The summed E-state index contributed by atoms with van der Waals surface area (Å²) in [7, 11) is 1.88. The van der Waals surface area contributed by atoms with E-state index in [0.29, 0.717) is 12.1 Å². The van der Waals surface area contributed by atoms with Gasteiger partial charge in [-0.2, -0.15) is 13.2 Å². The maximum absolute atomic E-state index is 14.5. The van der Waals surface area contributed by atoms with Crippen LogP contribution in [0.5, 0.6) is 17.2 Å². The molecule has 0 fully saturated rings. The van der Waals surface area contributed by atoms with Gasteiger partial charge < -0.3 is 14.2 Å². The maximum Gasteiger partial charge on any atom is 0.431 e. The topological polar surface area (TPSA) is 88.8 Å². The number of esters is 1. The SMILES string of the molecule is COC(=O)COc1ccccc1Oc1cc(-n2c(=O)cc(C(F)(F)F)n(C)c2=O)c(F)cc1F. The first-order valence-corrected chi connectivity index (χ1v) is 9.30. The van der Waals surface area contributed by atoms with Crippen LogP contribution in [0.1, 0.15) is 5.69 Å². The lowest BCUT2D eigenvalue weighted by Gasteiger charge is -2.16. The molecule has 2 aromatic carbocycles. The van der Waals surface area contributed by atoms with Gasteiger partial charge in [0.05, 0.1) is 12.8 Å². The predicted molar refractivity (Wildman–Crippen MR) is 106 cm³/mol. The summed E-state index contributed by atoms with van der Waals surface area (Å²) in [5, 5.41) is 0. The molecule has 0 N–H and O–H groups in total. The van der Waals surface area contributed by atoms with Crippen molar-refractivity contribution in [2.45, 2.75) is 6.18 Å². The summed E-state index contributed by atoms with van der Waals surface area (Å²) in [6.07, 6.45) is -5.02. The van der Waals surface area contributed by atoms with E-state index in [1.54, 1.807) is 0 Å². The molecule has 0 spiro atoms. The largest absolute Gasteiger partial charge is 0.478 e. The van der Waals surface area contributed by atoms with Gasteiger partial charge in [-0.1, -0.05) is 12.1 Å². The average molecular weight is 486 g/mol. The Morgan fingerprint density at radius 1 is 0.971 bits per heavy atom. The van der Waals surface area contributed by atoms with Crippen LogP contribution in [0, 0.1) is 11.6 Å². The fourth-order valence-corrected chi connectivity index (χ4v) is 2.86. The van der Waals surface area contributed by atoms with Crippen LogP contribution in [0.4, 0.5) is 22.0 Å². The standard InChI is InChI=1S/C21H15F5N2O6/c1-27-17(21(24,25)26)9-18(29)28(20(27)31)13-8-16(12(23)7-11(13)22)34-15-6-4-3-5-14(15)33-10-19(30)32-2/h3-9H,10H2,1-2H3. The lowest BCUT2D eigenvalue weighted by atomic mass is 10.2. The summed E-state index contributed by atoms with van der Waals surface area (Å²) in [5.74, 6) is -4.21. The van der Waals surface area contributed by atoms with Gasteiger partial charge in [0.2, 0.25) is 0 Å². The Morgan fingerprint density at radius 3 is 2.24 bits per heavy atom. The Bertz CT molecular complexity index is 1360. The molecule has 0 saturated heterocycles. The Kier molecular flexibility index (Phi) is 6.75. The van der Waals surface area contributed by atoms with Crippen molar-refractivity contribution in [1.82, 2.24) is 9.13 Å². The highest BCUT2D eigenvalue weighted by atomic mass is 19.4. The van der Waals surface area contributed by atoms with Gasteiger partial charge in [0.25, 0.3) is 5.56 Å². The van der Waals surface area contributed by atoms with Crippen LogP contribution in [0.15, 0.2) is 52.1 Å². The number of para-hydroxylation sites is 2. The molecule has 0 aliphatic rings. The molecule has 0 saturated carbocycles. The molecule has 34 heavy (non-hydrogen) atoms. The number of aromatic nitrogens is 2. The van der Waals surface area contributed by atoms with E-state index in [0.717, 1.165) is 14.2 Å². The van der Waals surface area contributed by atoms with Gasteiger partial charge in [-0.3, -0.25) is 9.36 Å². The van der Waals surface area contributed by atoms with Gasteiger partial charge in [-0.15, -0.1) is 0 Å².